The number of hydrogen-bond donors (Lipinski definition) is 0. The van der Waals surface area contributed by atoms with Crippen LogP contribution in [0.3, 0.4) is 0 Å². The molecular formula is C49H31N3S. The molecule has 0 spiro atoms. The lowest BCUT2D eigenvalue weighted by molar-refractivity contribution is 1.18. The highest BCUT2D eigenvalue weighted by Crippen LogP contribution is 2.44. The standard InChI is InChI=1S/C49H31N3S/c1-2-14-36(15-3-1)51(37-24-22-33(23-25-37)40-18-10-20-46-47(40)48-49(53-46)41-16-7-6-13-35(41)31-50-48)39-27-28-45-43(30-39)42-17-8-9-19-44(42)52(45)38-26-21-32-11-4-5-12-34(32)29-38/h1-31H. The molecule has 248 valence electrons. The van der Waals surface area contributed by atoms with Crippen molar-refractivity contribution in [2.24, 2.45) is 0 Å². The molecule has 0 radical (unpaired) electrons. The number of fused-ring (bicyclic) bond motifs is 9. The maximum absolute atomic E-state index is 4.99. The number of aromatic nitrogens is 2. The monoisotopic (exact) mass is 693 g/mol. The molecule has 3 nitrogen and oxygen atoms in total. The minimum absolute atomic E-state index is 1.07. The van der Waals surface area contributed by atoms with Crippen LogP contribution in [0.15, 0.2) is 188 Å². The van der Waals surface area contributed by atoms with Gasteiger partial charge in [-0.2, -0.15) is 0 Å². The highest BCUT2D eigenvalue weighted by Gasteiger charge is 2.19. The number of benzene rings is 8. The summed E-state index contributed by atoms with van der Waals surface area (Å²) < 4.78 is 4.90. The molecule has 0 bridgehead atoms. The predicted molar refractivity (Wildman–Crippen MR) is 227 cm³/mol. The Bertz CT molecular complexity index is 3170. The molecule has 3 heterocycles. The van der Waals surface area contributed by atoms with Gasteiger partial charge >= 0.3 is 0 Å². The van der Waals surface area contributed by atoms with Crippen LogP contribution in [0.2, 0.25) is 0 Å². The second-order valence-electron chi connectivity index (χ2n) is 13.6. The average molecular weight is 694 g/mol. The first-order valence-electron chi connectivity index (χ1n) is 18.0. The average Bonchev–Trinajstić information content (AvgIpc) is 3.78. The third-order valence-electron chi connectivity index (χ3n) is 10.6. The van der Waals surface area contributed by atoms with Crippen molar-refractivity contribution in [2.75, 3.05) is 4.90 Å². The van der Waals surface area contributed by atoms with E-state index in [1.165, 1.54) is 69.3 Å². The normalized spacial score (nSPS) is 11.8. The fourth-order valence-corrected chi connectivity index (χ4v) is 9.36. The summed E-state index contributed by atoms with van der Waals surface area (Å²) in [6, 6.07) is 65.8. The Balaban J connectivity index is 1.05. The third-order valence-corrected chi connectivity index (χ3v) is 11.8. The van der Waals surface area contributed by atoms with Crippen LogP contribution in [0.1, 0.15) is 0 Å². The van der Waals surface area contributed by atoms with Crippen molar-refractivity contribution in [3.63, 3.8) is 0 Å². The van der Waals surface area contributed by atoms with Crippen molar-refractivity contribution < 1.29 is 0 Å². The molecule has 4 heteroatoms. The second kappa shape index (κ2) is 11.9. The molecule has 0 N–H and O–H groups in total. The number of hydrogen-bond acceptors (Lipinski definition) is 3. The van der Waals surface area contributed by atoms with Gasteiger partial charge in [-0.05, 0) is 88.6 Å². The van der Waals surface area contributed by atoms with E-state index in [9.17, 15) is 0 Å². The van der Waals surface area contributed by atoms with Gasteiger partial charge in [0, 0.05) is 60.6 Å². The highest BCUT2D eigenvalue weighted by molar-refractivity contribution is 7.26. The first kappa shape index (κ1) is 29.9. The van der Waals surface area contributed by atoms with Crippen molar-refractivity contribution in [3.8, 4) is 16.8 Å². The SMILES string of the molecule is c1ccc(N(c2ccc(-c3cccc4sc5c6ccccc6cnc5c34)cc2)c2ccc3c(c2)c2ccccc2n3-c2ccc3ccccc3c2)cc1. The van der Waals surface area contributed by atoms with Gasteiger partial charge in [0.25, 0.3) is 0 Å². The summed E-state index contributed by atoms with van der Waals surface area (Å²) in [6.45, 7) is 0. The molecule has 3 aromatic heterocycles. The predicted octanol–water partition coefficient (Wildman–Crippen LogP) is 14.0. The van der Waals surface area contributed by atoms with E-state index < -0.39 is 0 Å². The third kappa shape index (κ3) is 4.77. The van der Waals surface area contributed by atoms with Crippen molar-refractivity contribution >= 4 is 92.1 Å². The molecule has 0 aliphatic carbocycles. The lowest BCUT2D eigenvalue weighted by Crippen LogP contribution is -2.09. The zero-order valence-corrected chi connectivity index (χ0v) is 29.5. The summed E-state index contributed by atoms with van der Waals surface area (Å²) in [5.74, 6) is 0. The van der Waals surface area contributed by atoms with E-state index in [-0.39, 0.29) is 0 Å². The molecule has 0 unspecified atom stereocenters. The number of thiophene rings is 1. The maximum Gasteiger partial charge on any atom is 0.0901 e. The van der Waals surface area contributed by atoms with Gasteiger partial charge < -0.3 is 9.47 Å². The van der Waals surface area contributed by atoms with Gasteiger partial charge in [-0.15, -0.1) is 11.3 Å². The van der Waals surface area contributed by atoms with Crippen LogP contribution in [-0.2, 0) is 0 Å². The fraction of sp³-hybridized carbons (Fsp3) is 0. The lowest BCUT2D eigenvalue weighted by Gasteiger charge is -2.26. The molecule has 0 aliphatic rings. The zero-order valence-electron chi connectivity index (χ0n) is 28.6. The molecule has 0 saturated carbocycles. The maximum atomic E-state index is 4.99. The number of anilines is 3. The van der Waals surface area contributed by atoms with Gasteiger partial charge in [0.2, 0.25) is 0 Å². The van der Waals surface area contributed by atoms with Crippen molar-refractivity contribution in [1.29, 1.82) is 0 Å². The Hall–Kier alpha value is -6.75. The molecule has 0 amide bonds. The summed E-state index contributed by atoms with van der Waals surface area (Å²) in [5.41, 5.74) is 10.3. The lowest BCUT2D eigenvalue weighted by atomic mass is 10.00. The molecule has 11 aromatic rings. The summed E-state index contributed by atoms with van der Waals surface area (Å²) >= 11 is 1.83. The van der Waals surface area contributed by atoms with Crippen LogP contribution in [0.25, 0.3) is 80.5 Å². The zero-order chi connectivity index (χ0) is 34.9. The molecule has 53 heavy (non-hydrogen) atoms. The molecule has 8 aromatic carbocycles. The first-order chi connectivity index (χ1) is 26.3. The second-order valence-corrected chi connectivity index (χ2v) is 14.7. The van der Waals surface area contributed by atoms with Crippen molar-refractivity contribution in [2.45, 2.75) is 0 Å². The van der Waals surface area contributed by atoms with E-state index in [1.807, 2.05) is 17.5 Å². The highest BCUT2D eigenvalue weighted by atomic mass is 32.1. The van der Waals surface area contributed by atoms with E-state index in [4.69, 9.17) is 4.98 Å². The van der Waals surface area contributed by atoms with Gasteiger partial charge in [-0.1, -0.05) is 115 Å². The van der Waals surface area contributed by atoms with Gasteiger partial charge in [-0.25, -0.2) is 0 Å². The van der Waals surface area contributed by atoms with Gasteiger partial charge in [0.15, 0.2) is 0 Å². The first-order valence-corrected chi connectivity index (χ1v) is 18.8. The Morgan fingerprint density at radius 3 is 2.04 bits per heavy atom. The minimum Gasteiger partial charge on any atom is -0.310 e. The van der Waals surface area contributed by atoms with E-state index in [2.05, 4.69) is 191 Å². The largest absolute Gasteiger partial charge is 0.310 e. The number of pyridine rings is 1. The van der Waals surface area contributed by atoms with Gasteiger partial charge in [0.1, 0.15) is 0 Å². The fourth-order valence-electron chi connectivity index (χ4n) is 8.14. The Labute approximate surface area is 310 Å². The van der Waals surface area contributed by atoms with Crippen LogP contribution in [0.4, 0.5) is 17.1 Å². The smallest absolute Gasteiger partial charge is 0.0901 e. The molecule has 0 aliphatic heterocycles. The summed E-state index contributed by atoms with van der Waals surface area (Å²) in [6.07, 6.45) is 2.01. The van der Waals surface area contributed by atoms with Crippen molar-refractivity contribution in [1.82, 2.24) is 9.55 Å². The molecular weight excluding hydrogens is 663 g/mol. The van der Waals surface area contributed by atoms with Crippen LogP contribution >= 0.6 is 11.3 Å². The van der Waals surface area contributed by atoms with E-state index in [1.54, 1.807) is 0 Å². The van der Waals surface area contributed by atoms with E-state index in [0.29, 0.717) is 0 Å². The van der Waals surface area contributed by atoms with Crippen LogP contribution in [-0.4, -0.2) is 9.55 Å². The van der Waals surface area contributed by atoms with Crippen LogP contribution in [0.5, 0.6) is 0 Å². The quantitative estimate of drug-likeness (QED) is 0.179. The summed E-state index contributed by atoms with van der Waals surface area (Å²) in [7, 11) is 0. The van der Waals surface area contributed by atoms with Gasteiger partial charge in [0.05, 0.1) is 21.3 Å². The van der Waals surface area contributed by atoms with Gasteiger partial charge in [-0.3, -0.25) is 4.98 Å². The van der Waals surface area contributed by atoms with E-state index >= 15 is 0 Å². The molecule has 11 rings (SSSR count). The van der Waals surface area contributed by atoms with Crippen LogP contribution in [0, 0.1) is 0 Å². The Morgan fingerprint density at radius 2 is 1.17 bits per heavy atom. The summed E-state index contributed by atoms with van der Waals surface area (Å²) in [5, 5.41) is 8.59. The number of rotatable bonds is 5. The van der Waals surface area contributed by atoms with E-state index in [0.717, 1.165) is 28.3 Å². The molecule has 0 saturated heterocycles. The summed E-state index contributed by atoms with van der Waals surface area (Å²) in [4.78, 5) is 7.35. The van der Waals surface area contributed by atoms with Crippen LogP contribution < -0.4 is 4.90 Å². The van der Waals surface area contributed by atoms with Crippen molar-refractivity contribution in [3.05, 3.63) is 188 Å². The Kier molecular flexibility index (Phi) is 6.73. The molecule has 0 fully saturated rings. The number of para-hydroxylation sites is 2. The Morgan fingerprint density at radius 1 is 0.472 bits per heavy atom. The topological polar surface area (TPSA) is 21.1 Å². The minimum atomic E-state index is 1.07. The molecule has 0 atom stereocenters. The number of nitrogens with zero attached hydrogens (tertiary/aromatic N) is 3.